The number of ether oxygens (including phenoxy) is 2. The van der Waals surface area contributed by atoms with Gasteiger partial charge in [0.05, 0.1) is 25.3 Å². The van der Waals surface area contributed by atoms with E-state index in [4.69, 9.17) is 9.47 Å². The van der Waals surface area contributed by atoms with Gasteiger partial charge >= 0.3 is 12.4 Å². The maximum absolute atomic E-state index is 13.7. The van der Waals surface area contributed by atoms with Crippen LogP contribution in [0.15, 0.2) is 84.9 Å². The number of halogens is 6. The molecule has 0 atom stereocenters. The number of nitrogens with zero attached hydrogens (tertiary/aromatic N) is 2. The van der Waals surface area contributed by atoms with E-state index in [9.17, 15) is 35.9 Å². The van der Waals surface area contributed by atoms with Crippen LogP contribution in [0.3, 0.4) is 0 Å². The second-order valence-electron chi connectivity index (χ2n) is 13.5. The van der Waals surface area contributed by atoms with Gasteiger partial charge in [0, 0.05) is 72.2 Å². The Labute approximate surface area is 316 Å². The average Bonchev–Trinajstić information content (AvgIpc) is 3.18. The highest BCUT2D eigenvalue weighted by atomic mass is 19.4. The number of methoxy groups -OCH3 is 2. The Morgan fingerprint density at radius 1 is 0.600 bits per heavy atom. The van der Waals surface area contributed by atoms with Crippen LogP contribution in [0.2, 0.25) is 0 Å². The average molecular weight is 771 g/mol. The van der Waals surface area contributed by atoms with Gasteiger partial charge in [-0.1, -0.05) is 19.1 Å². The largest absolute Gasteiger partial charge is 0.497 e. The fourth-order valence-corrected chi connectivity index (χ4v) is 6.55. The first-order chi connectivity index (χ1) is 26.2. The molecule has 0 aromatic heterocycles. The Morgan fingerprint density at radius 3 is 1.42 bits per heavy atom. The fourth-order valence-electron chi connectivity index (χ4n) is 6.55. The number of rotatable bonds is 8. The quantitative estimate of drug-likeness (QED) is 0.174. The number of hydrogen-bond donors (Lipinski definition) is 2. The summed E-state index contributed by atoms with van der Waals surface area (Å²) in [6.07, 6.45) is -4.59. The number of anilines is 4. The highest BCUT2D eigenvalue weighted by Gasteiger charge is 2.37. The molecule has 0 saturated carbocycles. The van der Waals surface area contributed by atoms with E-state index in [-0.39, 0.29) is 22.5 Å². The number of amides is 2. The van der Waals surface area contributed by atoms with Gasteiger partial charge in [-0.3, -0.25) is 9.59 Å². The lowest BCUT2D eigenvalue weighted by Gasteiger charge is -2.34. The number of nitrogens with one attached hydrogen (secondary N) is 2. The molecule has 2 fully saturated rings. The SMILES string of the molecule is COc1cccc(NC(=O)c2ccc(N3CCC(C)CC3)c(C(F)(F)F)c2)c1.COc1cccc(NC(=O)c2ccc(N3CCCCC3)c(C(F)(F)F)c2)c1. The highest BCUT2D eigenvalue weighted by Crippen LogP contribution is 2.40. The molecule has 0 spiro atoms. The summed E-state index contributed by atoms with van der Waals surface area (Å²) in [7, 11) is 2.99. The second-order valence-corrected chi connectivity index (χ2v) is 13.5. The van der Waals surface area contributed by atoms with Crippen LogP contribution in [-0.4, -0.2) is 52.2 Å². The topological polar surface area (TPSA) is 83.1 Å². The lowest BCUT2D eigenvalue weighted by molar-refractivity contribution is -0.138. The van der Waals surface area contributed by atoms with Crippen molar-refractivity contribution in [1.29, 1.82) is 0 Å². The number of carbonyl (C=O) groups excluding carboxylic acids is 2. The van der Waals surface area contributed by atoms with Gasteiger partial charge in [-0.15, -0.1) is 0 Å². The summed E-state index contributed by atoms with van der Waals surface area (Å²) in [6.45, 7) is 4.46. The predicted octanol–water partition coefficient (Wildman–Crippen LogP) is 10.2. The van der Waals surface area contributed by atoms with Crippen LogP contribution >= 0.6 is 0 Å². The van der Waals surface area contributed by atoms with Crippen LogP contribution < -0.4 is 29.9 Å². The van der Waals surface area contributed by atoms with Crippen molar-refractivity contribution in [1.82, 2.24) is 0 Å². The molecule has 2 heterocycles. The van der Waals surface area contributed by atoms with Gasteiger partial charge in [-0.2, -0.15) is 26.3 Å². The first kappa shape index (κ1) is 40.8. The molecular formula is C41H44F6N4O4. The molecule has 2 aliphatic rings. The van der Waals surface area contributed by atoms with E-state index in [1.54, 1.807) is 58.3 Å². The van der Waals surface area contributed by atoms with Crippen LogP contribution in [0.4, 0.5) is 49.1 Å². The molecule has 4 aromatic carbocycles. The first-order valence-electron chi connectivity index (χ1n) is 18.0. The van der Waals surface area contributed by atoms with Crippen LogP contribution in [0.5, 0.6) is 11.5 Å². The summed E-state index contributed by atoms with van der Waals surface area (Å²) < 4.78 is 92.0. The molecule has 6 rings (SSSR count). The van der Waals surface area contributed by atoms with Crippen LogP contribution in [0, 0.1) is 5.92 Å². The fraction of sp³-hybridized carbons (Fsp3) is 0.366. The number of benzene rings is 4. The molecule has 2 N–H and O–H groups in total. The van der Waals surface area contributed by atoms with E-state index >= 15 is 0 Å². The normalized spacial score (nSPS) is 15.1. The zero-order valence-electron chi connectivity index (χ0n) is 30.8. The van der Waals surface area contributed by atoms with E-state index in [1.807, 2.05) is 0 Å². The third kappa shape index (κ3) is 10.9. The van der Waals surface area contributed by atoms with Crippen molar-refractivity contribution < 1.29 is 45.4 Å². The molecule has 0 radical (unpaired) electrons. The molecule has 0 unspecified atom stereocenters. The van der Waals surface area contributed by atoms with Crippen molar-refractivity contribution in [2.75, 3.05) is 60.8 Å². The van der Waals surface area contributed by atoms with Gasteiger partial charge < -0.3 is 29.9 Å². The molecule has 8 nitrogen and oxygen atoms in total. The van der Waals surface area contributed by atoms with E-state index in [0.29, 0.717) is 55.0 Å². The Kier molecular flexibility index (Phi) is 13.2. The Balaban J connectivity index is 0.000000211. The number of carbonyl (C=O) groups is 2. The maximum Gasteiger partial charge on any atom is 0.418 e. The zero-order valence-corrected chi connectivity index (χ0v) is 30.8. The Morgan fingerprint density at radius 2 is 1.02 bits per heavy atom. The minimum atomic E-state index is -4.54. The number of piperidine rings is 2. The molecule has 14 heteroatoms. The summed E-state index contributed by atoms with van der Waals surface area (Å²) in [5, 5.41) is 5.23. The Bertz CT molecular complexity index is 1940. The number of hydrogen-bond acceptors (Lipinski definition) is 6. The second kappa shape index (κ2) is 17.8. The van der Waals surface area contributed by atoms with Crippen LogP contribution in [0.1, 0.15) is 70.9 Å². The smallest absolute Gasteiger partial charge is 0.418 e. The van der Waals surface area contributed by atoms with Gasteiger partial charge in [0.2, 0.25) is 0 Å². The van der Waals surface area contributed by atoms with Crippen LogP contribution in [0.25, 0.3) is 0 Å². The summed E-state index contributed by atoms with van der Waals surface area (Å²) in [5.74, 6) is 0.405. The molecule has 2 saturated heterocycles. The minimum absolute atomic E-state index is 0.0362. The van der Waals surface area contributed by atoms with Gasteiger partial charge in [0.25, 0.3) is 11.8 Å². The van der Waals surface area contributed by atoms with Crippen LogP contribution in [-0.2, 0) is 12.4 Å². The lowest BCUT2D eigenvalue weighted by atomic mass is 9.97. The summed E-state index contributed by atoms with van der Waals surface area (Å²) >= 11 is 0. The van der Waals surface area contributed by atoms with Gasteiger partial charge in [-0.05, 0) is 98.7 Å². The van der Waals surface area contributed by atoms with Gasteiger partial charge in [-0.25, -0.2) is 0 Å². The van der Waals surface area contributed by atoms with Crippen molar-refractivity contribution in [2.24, 2.45) is 5.92 Å². The molecule has 0 bridgehead atoms. The van der Waals surface area contributed by atoms with E-state index in [1.165, 1.54) is 38.5 Å². The third-order valence-corrected chi connectivity index (χ3v) is 9.60. The lowest BCUT2D eigenvalue weighted by Crippen LogP contribution is -2.34. The summed E-state index contributed by atoms with van der Waals surface area (Å²) in [6, 6.07) is 20.8. The first-order valence-corrected chi connectivity index (χ1v) is 18.0. The van der Waals surface area contributed by atoms with Gasteiger partial charge in [0.1, 0.15) is 11.5 Å². The summed E-state index contributed by atoms with van der Waals surface area (Å²) in [4.78, 5) is 28.4. The van der Waals surface area contributed by atoms with Crippen molar-refractivity contribution in [2.45, 2.75) is 51.4 Å². The van der Waals surface area contributed by atoms with Crippen molar-refractivity contribution in [3.63, 3.8) is 0 Å². The highest BCUT2D eigenvalue weighted by molar-refractivity contribution is 6.05. The molecule has 0 aliphatic carbocycles. The standard InChI is InChI=1S/C21H23F3N2O2.C20H21F3N2O2/c1-14-8-10-26(11-9-14)19-7-6-15(12-18(19)21(22,23)24)20(27)25-16-4-3-5-17(13-16)28-2;1-27-16-7-5-6-15(13-16)24-19(26)14-8-9-18(17(12-14)20(21,22)23)25-10-3-2-4-11-25/h3-7,12-14H,8-11H2,1-2H3,(H,25,27);5-9,12-13H,2-4,10-11H2,1H3,(H,24,26). The monoisotopic (exact) mass is 770 g/mol. The maximum atomic E-state index is 13.7. The summed E-state index contributed by atoms with van der Waals surface area (Å²) in [5.41, 5.74) is -0.448. The molecule has 2 amide bonds. The molecule has 294 valence electrons. The van der Waals surface area contributed by atoms with Crippen molar-refractivity contribution in [3.8, 4) is 11.5 Å². The van der Waals surface area contributed by atoms with E-state index in [2.05, 4.69) is 17.6 Å². The molecule has 4 aromatic rings. The predicted molar refractivity (Wildman–Crippen MR) is 201 cm³/mol. The zero-order chi connectivity index (χ0) is 39.8. The molecule has 55 heavy (non-hydrogen) atoms. The van der Waals surface area contributed by atoms with Crippen molar-refractivity contribution >= 4 is 34.6 Å². The van der Waals surface area contributed by atoms with Crippen molar-refractivity contribution in [3.05, 3.63) is 107 Å². The molecular weight excluding hydrogens is 726 g/mol. The van der Waals surface area contributed by atoms with E-state index in [0.717, 1.165) is 44.2 Å². The molecule has 2 aliphatic heterocycles. The minimum Gasteiger partial charge on any atom is -0.497 e. The Hall–Kier alpha value is -5.40. The van der Waals surface area contributed by atoms with Gasteiger partial charge in [0.15, 0.2) is 0 Å². The third-order valence-electron chi connectivity index (χ3n) is 9.60. The number of alkyl halides is 6. The van der Waals surface area contributed by atoms with E-state index < -0.39 is 35.3 Å².